The molecule has 2 saturated carbocycles. The van der Waals surface area contributed by atoms with Crippen LogP contribution in [0.1, 0.15) is 53.2 Å². The van der Waals surface area contributed by atoms with E-state index < -0.39 is 18.0 Å². The number of carbonyl (C=O) groups excluding carboxylic acids is 1. The molecule has 2 fully saturated rings. The van der Waals surface area contributed by atoms with Gasteiger partial charge in [0.1, 0.15) is 5.69 Å². The first-order chi connectivity index (χ1) is 11.5. The molecule has 0 saturated heterocycles. The number of aromatic nitrogens is 2. The first-order valence-corrected chi connectivity index (χ1v) is 8.26. The summed E-state index contributed by atoms with van der Waals surface area (Å²) in [7, 11) is 1.53. The SMILES string of the molecule is Cn1cc(C(=O)Nc2ccccc2[C@H]2CC2C2CC2)c(C(F)F)n1. The van der Waals surface area contributed by atoms with Gasteiger partial charge in [-0.2, -0.15) is 5.10 Å². The summed E-state index contributed by atoms with van der Waals surface area (Å²) in [6, 6.07) is 7.68. The highest BCUT2D eigenvalue weighted by Crippen LogP contribution is 2.60. The second kappa shape index (κ2) is 5.69. The normalized spacial score (nSPS) is 22.7. The average Bonchev–Trinajstić information content (AvgIpc) is 3.44. The summed E-state index contributed by atoms with van der Waals surface area (Å²) in [5, 5.41) is 6.50. The molecule has 4 rings (SSSR count). The molecule has 1 aromatic heterocycles. The lowest BCUT2D eigenvalue weighted by Crippen LogP contribution is -2.14. The number of nitrogens with one attached hydrogen (secondary N) is 1. The van der Waals surface area contributed by atoms with Gasteiger partial charge in [-0.25, -0.2) is 8.78 Å². The van der Waals surface area contributed by atoms with Crippen molar-refractivity contribution in [3.05, 3.63) is 47.3 Å². The molecule has 0 radical (unpaired) electrons. The maximum absolute atomic E-state index is 13.0. The van der Waals surface area contributed by atoms with Crippen molar-refractivity contribution < 1.29 is 13.6 Å². The maximum atomic E-state index is 13.0. The van der Waals surface area contributed by atoms with E-state index in [0.29, 0.717) is 5.92 Å². The monoisotopic (exact) mass is 331 g/mol. The van der Waals surface area contributed by atoms with Gasteiger partial charge in [0, 0.05) is 18.9 Å². The van der Waals surface area contributed by atoms with Gasteiger partial charge in [0.05, 0.1) is 5.56 Å². The Morgan fingerprint density at radius 3 is 2.79 bits per heavy atom. The van der Waals surface area contributed by atoms with Crippen molar-refractivity contribution in [1.82, 2.24) is 9.78 Å². The van der Waals surface area contributed by atoms with Crippen molar-refractivity contribution in [2.45, 2.75) is 31.6 Å². The standard InChI is InChI=1S/C18H19F2N3O/c1-23-9-14(16(22-23)17(19)20)18(24)21-15-5-3-2-4-11(15)13-8-12(13)10-6-7-10/h2-5,9-10,12-13,17H,6-8H2,1H3,(H,21,24)/t12?,13-/m1/s1. The highest BCUT2D eigenvalue weighted by Gasteiger charge is 2.48. The molecule has 6 heteroatoms. The van der Waals surface area contributed by atoms with Crippen LogP contribution in [0.25, 0.3) is 0 Å². The van der Waals surface area contributed by atoms with E-state index in [1.807, 2.05) is 24.3 Å². The Labute approximate surface area is 138 Å². The largest absolute Gasteiger partial charge is 0.322 e. The summed E-state index contributed by atoms with van der Waals surface area (Å²) in [6.45, 7) is 0. The summed E-state index contributed by atoms with van der Waals surface area (Å²) >= 11 is 0. The average molecular weight is 331 g/mol. The molecule has 4 nitrogen and oxygen atoms in total. The molecule has 2 aliphatic carbocycles. The van der Waals surface area contributed by atoms with E-state index >= 15 is 0 Å². The summed E-state index contributed by atoms with van der Waals surface area (Å²) < 4.78 is 27.3. The number of halogens is 2. The van der Waals surface area contributed by atoms with Crippen molar-refractivity contribution in [2.24, 2.45) is 18.9 Å². The zero-order valence-corrected chi connectivity index (χ0v) is 13.4. The lowest BCUT2D eigenvalue weighted by atomic mass is 10.0. The fraction of sp³-hybridized carbons (Fsp3) is 0.444. The summed E-state index contributed by atoms with van der Waals surface area (Å²) in [4.78, 5) is 12.5. The van der Waals surface area contributed by atoms with Gasteiger partial charge in [-0.1, -0.05) is 18.2 Å². The molecule has 1 amide bonds. The van der Waals surface area contributed by atoms with Gasteiger partial charge in [0.25, 0.3) is 12.3 Å². The molecule has 2 aliphatic rings. The number of aryl methyl sites for hydroxylation is 1. The second-order valence-corrected chi connectivity index (χ2v) is 6.79. The predicted molar refractivity (Wildman–Crippen MR) is 86.1 cm³/mol. The third-order valence-electron chi connectivity index (χ3n) is 4.98. The molecule has 0 aliphatic heterocycles. The Kier molecular flexibility index (Phi) is 3.62. The van der Waals surface area contributed by atoms with Gasteiger partial charge < -0.3 is 5.32 Å². The Morgan fingerprint density at radius 2 is 2.08 bits per heavy atom. The number of anilines is 1. The van der Waals surface area contributed by atoms with Gasteiger partial charge in [-0.05, 0) is 48.6 Å². The second-order valence-electron chi connectivity index (χ2n) is 6.79. The molecule has 0 spiro atoms. The molecule has 0 bridgehead atoms. The van der Waals surface area contributed by atoms with Gasteiger partial charge >= 0.3 is 0 Å². The lowest BCUT2D eigenvalue weighted by Gasteiger charge is -2.11. The summed E-state index contributed by atoms with van der Waals surface area (Å²) in [5.41, 5.74) is 1.29. The molecule has 1 aromatic carbocycles. The zero-order chi connectivity index (χ0) is 16.8. The number of rotatable bonds is 5. The van der Waals surface area contributed by atoms with E-state index in [4.69, 9.17) is 0 Å². The van der Waals surface area contributed by atoms with Crippen LogP contribution >= 0.6 is 0 Å². The van der Waals surface area contributed by atoms with E-state index in [1.165, 1.54) is 30.8 Å². The molecular formula is C18H19F2N3O. The minimum Gasteiger partial charge on any atom is -0.322 e. The highest BCUT2D eigenvalue weighted by atomic mass is 19.3. The highest BCUT2D eigenvalue weighted by molar-refractivity contribution is 6.05. The summed E-state index contributed by atoms with van der Waals surface area (Å²) in [6.07, 6.45) is 2.34. The van der Waals surface area contributed by atoms with Crippen molar-refractivity contribution in [2.75, 3.05) is 5.32 Å². The third kappa shape index (κ3) is 2.81. The fourth-order valence-corrected chi connectivity index (χ4v) is 3.58. The first kappa shape index (κ1) is 15.3. The molecule has 2 atom stereocenters. The minimum atomic E-state index is -2.77. The van der Waals surface area contributed by atoms with Crippen LogP contribution < -0.4 is 5.32 Å². The number of para-hydroxylation sites is 1. The maximum Gasteiger partial charge on any atom is 0.282 e. The van der Waals surface area contributed by atoms with Crippen LogP contribution in [0.2, 0.25) is 0 Å². The van der Waals surface area contributed by atoms with E-state index in [-0.39, 0.29) is 5.56 Å². The van der Waals surface area contributed by atoms with E-state index in [9.17, 15) is 13.6 Å². The smallest absolute Gasteiger partial charge is 0.282 e. The lowest BCUT2D eigenvalue weighted by molar-refractivity contribution is 0.101. The van der Waals surface area contributed by atoms with E-state index in [2.05, 4.69) is 10.4 Å². The number of hydrogen-bond donors (Lipinski definition) is 1. The van der Waals surface area contributed by atoms with Gasteiger partial charge in [0.2, 0.25) is 0 Å². The molecular weight excluding hydrogens is 312 g/mol. The molecule has 2 aromatic rings. The van der Waals surface area contributed by atoms with E-state index in [1.54, 1.807) is 0 Å². The van der Waals surface area contributed by atoms with Gasteiger partial charge in [-0.15, -0.1) is 0 Å². The number of amides is 1. The number of hydrogen-bond acceptors (Lipinski definition) is 2. The van der Waals surface area contributed by atoms with Crippen LogP contribution in [-0.2, 0) is 7.05 Å². The molecule has 24 heavy (non-hydrogen) atoms. The number of carbonyl (C=O) groups is 1. The third-order valence-corrected chi connectivity index (χ3v) is 4.98. The van der Waals surface area contributed by atoms with Crippen molar-refractivity contribution in [3.63, 3.8) is 0 Å². The predicted octanol–water partition coefficient (Wildman–Crippen LogP) is 4.12. The number of alkyl halides is 2. The molecule has 1 N–H and O–H groups in total. The number of nitrogens with zero attached hydrogens (tertiary/aromatic N) is 2. The Morgan fingerprint density at radius 1 is 1.33 bits per heavy atom. The van der Waals surface area contributed by atoms with Crippen LogP contribution in [-0.4, -0.2) is 15.7 Å². The summed E-state index contributed by atoms with van der Waals surface area (Å²) in [5.74, 6) is 1.51. The number of benzene rings is 1. The van der Waals surface area contributed by atoms with Crippen molar-refractivity contribution in [1.29, 1.82) is 0 Å². The van der Waals surface area contributed by atoms with Gasteiger partial charge in [0.15, 0.2) is 0 Å². The first-order valence-electron chi connectivity index (χ1n) is 8.26. The van der Waals surface area contributed by atoms with Crippen molar-refractivity contribution in [3.8, 4) is 0 Å². The van der Waals surface area contributed by atoms with E-state index in [0.717, 1.165) is 29.5 Å². The van der Waals surface area contributed by atoms with Crippen LogP contribution in [0, 0.1) is 11.8 Å². The van der Waals surface area contributed by atoms with Crippen LogP contribution in [0.15, 0.2) is 30.5 Å². The Bertz CT molecular complexity index is 782. The fourth-order valence-electron chi connectivity index (χ4n) is 3.58. The van der Waals surface area contributed by atoms with Crippen LogP contribution in [0.4, 0.5) is 14.5 Å². The van der Waals surface area contributed by atoms with Crippen LogP contribution in [0.3, 0.4) is 0 Å². The van der Waals surface area contributed by atoms with Crippen molar-refractivity contribution >= 4 is 11.6 Å². The Hall–Kier alpha value is -2.24. The Balaban J connectivity index is 1.56. The van der Waals surface area contributed by atoms with Gasteiger partial charge in [-0.3, -0.25) is 9.48 Å². The van der Waals surface area contributed by atoms with Crippen LogP contribution in [0.5, 0.6) is 0 Å². The zero-order valence-electron chi connectivity index (χ0n) is 13.4. The quantitative estimate of drug-likeness (QED) is 0.896. The molecule has 1 unspecified atom stereocenters. The molecule has 126 valence electrons. The minimum absolute atomic E-state index is 0.0724. The topological polar surface area (TPSA) is 46.9 Å². The molecule has 1 heterocycles.